The van der Waals surface area contributed by atoms with E-state index in [1.165, 1.54) is 5.56 Å². The zero-order valence-electron chi connectivity index (χ0n) is 14.2. The lowest BCUT2D eigenvalue weighted by Gasteiger charge is -2.25. The topological polar surface area (TPSA) is 71.2 Å². The molecule has 26 heavy (non-hydrogen) atoms. The Labute approximate surface area is 150 Å². The van der Waals surface area contributed by atoms with Crippen LogP contribution in [0.5, 0.6) is 0 Å². The standard InChI is InChI=1S/C19H17N7/c1-13(14-5-3-2-4-6-14)25-12-22-16-10-21-18(24-19(16)25)15-9-23-26-8-7-20-11-17(15)26/h2-11,13,22H,12H2,1H3/t13-/m1/s1. The van der Waals surface area contributed by atoms with E-state index < -0.39 is 0 Å². The summed E-state index contributed by atoms with van der Waals surface area (Å²) in [5, 5.41) is 7.74. The van der Waals surface area contributed by atoms with Crippen molar-refractivity contribution in [3.63, 3.8) is 0 Å². The normalized spacial score (nSPS) is 14.3. The summed E-state index contributed by atoms with van der Waals surface area (Å²) in [5.74, 6) is 1.57. The fourth-order valence-electron chi connectivity index (χ4n) is 3.33. The van der Waals surface area contributed by atoms with Crippen molar-refractivity contribution in [3.05, 3.63) is 66.9 Å². The molecule has 0 unspecified atom stereocenters. The zero-order chi connectivity index (χ0) is 17.5. The molecule has 0 saturated carbocycles. The van der Waals surface area contributed by atoms with Crippen LogP contribution in [0.4, 0.5) is 11.5 Å². The van der Waals surface area contributed by atoms with Gasteiger partial charge in [-0.3, -0.25) is 4.98 Å². The van der Waals surface area contributed by atoms with Crippen LogP contribution >= 0.6 is 0 Å². The lowest BCUT2D eigenvalue weighted by molar-refractivity contribution is 0.704. The van der Waals surface area contributed by atoms with Crippen LogP contribution in [0.3, 0.4) is 0 Å². The summed E-state index contributed by atoms with van der Waals surface area (Å²) in [6.45, 7) is 2.90. The third-order valence-electron chi connectivity index (χ3n) is 4.80. The van der Waals surface area contributed by atoms with Crippen LogP contribution in [-0.4, -0.2) is 31.2 Å². The largest absolute Gasteiger partial charge is 0.363 e. The van der Waals surface area contributed by atoms with E-state index in [0.717, 1.165) is 22.6 Å². The maximum absolute atomic E-state index is 4.85. The number of fused-ring (bicyclic) bond motifs is 2. The SMILES string of the molecule is C[C@H](c1ccccc1)N1CNc2cnc(-c3cnn4ccncc34)nc21. The van der Waals surface area contributed by atoms with Gasteiger partial charge < -0.3 is 10.2 Å². The first-order valence-electron chi connectivity index (χ1n) is 8.51. The van der Waals surface area contributed by atoms with Gasteiger partial charge in [-0.1, -0.05) is 30.3 Å². The number of anilines is 2. The molecule has 0 saturated heterocycles. The molecule has 4 heterocycles. The number of hydrogen-bond donors (Lipinski definition) is 1. The Morgan fingerprint density at radius 1 is 1.12 bits per heavy atom. The molecule has 3 aromatic heterocycles. The lowest BCUT2D eigenvalue weighted by Crippen LogP contribution is -2.27. The molecule has 1 aliphatic heterocycles. The Morgan fingerprint density at radius 3 is 2.88 bits per heavy atom. The molecule has 0 fully saturated rings. The molecular formula is C19H17N7. The summed E-state index contributed by atoms with van der Waals surface area (Å²) in [4.78, 5) is 15.8. The van der Waals surface area contributed by atoms with Gasteiger partial charge in [-0.15, -0.1) is 0 Å². The van der Waals surface area contributed by atoms with Crippen molar-refractivity contribution in [2.45, 2.75) is 13.0 Å². The van der Waals surface area contributed by atoms with E-state index in [1.54, 1.807) is 23.1 Å². The van der Waals surface area contributed by atoms with Crippen molar-refractivity contribution in [1.82, 2.24) is 24.6 Å². The van der Waals surface area contributed by atoms with Crippen LogP contribution in [-0.2, 0) is 0 Å². The molecule has 5 rings (SSSR count). The Hall–Kier alpha value is -3.48. The zero-order valence-corrected chi connectivity index (χ0v) is 14.2. The number of nitrogens with zero attached hydrogens (tertiary/aromatic N) is 6. The summed E-state index contributed by atoms with van der Waals surface area (Å²) in [6.07, 6.45) is 8.93. The lowest BCUT2D eigenvalue weighted by atomic mass is 10.1. The van der Waals surface area contributed by atoms with Gasteiger partial charge in [-0.25, -0.2) is 14.5 Å². The fourth-order valence-corrected chi connectivity index (χ4v) is 3.33. The van der Waals surface area contributed by atoms with Crippen molar-refractivity contribution in [3.8, 4) is 11.4 Å². The molecule has 7 nitrogen and oxygen atoms in total. The van der Waals surface area contributed by atoms with Gasteiger partial charge in [0, 0.05) is 12.4 Å². The van der Waals surface area contributed by atoms with Crippen LogP contribution in [0.25, 0.3) is 16.9 Å². The molecular weight excluding hydrogens is 326 g/mol. The third kappa shape index (κ3) is 2.28. The van der Waals surface area contributed by atoms with E-state index in [2.05, 4.69) is 56.5 Å². The highest BCUT2D eigenvalue weighted by molar-refractivity contribution is 5.78. The molecule has 0 bridgehead atoms. The second kappa shape index (κ2) is 5.80. The van der Waals surface area contributed by atoms with Crippen LogP contribution < -0.4 is 10.2 Å². The van der Waals surface area contributed by atoms with Crippen LogP contribution in [0.1, 0.15) is 18.5 Å². The number of benzene rings is 1. The first-order valence-corrected chi connectivity index (χ1v) is 8.51. The van der Waals surface area contributed by atoms with Crippen molar-refractivity contribution >= 4 is 17.0 Å². The second-order valence-electron chi connectivity index (χ2n) is 6.29. The van der Waals surface area contributed by atoms with E-state index >= 15 is 0 Å². The van der Waals surface area contributed by atoms with Gasteiger partial charge in [0.1, 0.15) is 0 Å². The summed E-state index contributed by atoms with van der Waals surface area (Å²) in [5.41, 5.74) is 3.97. The number of aromatic nitrogens is 5. The van der Waals surface area contributed by atoms with Gasteiger partial charge >= 0.3 is 0 Å². The first kappa shape index (κ1) is 14.8. The van der Waals surface area contributed by atoms with Crippen molar-refractivity contribution in [2.24, 2.45) is 0 Å². The molecule has 1 aromatic carbocycles. The monoisotopic (exact) mass is 343 g/mol. The van der Waals surface area contributed by atoms with Crippen LogP contribution in [0.2, 0.25) is 0 Å². The van der Waals surface area contributed by atoms with Crippen molar-refractivity contribution in [2.75, 3.05) is 16.9 Å². The van der Waals surface area contributed by atoms with Crippen LogP contribution in [0.15, 0.2) is 61.3 Å². The Bertz CT molecular complexity index is 1070. The minimum absolute atomic E-state index is 0.207. The predicted octanol–water partition coefficient (Wildman–Crippen LogP) is 3.14. The summed E-state index contributed by atoms with van der Waals surface area (Å²) >= 11 is 0. The molecule has 0 amide bonds. The Balaban J connectivity index is 1.57. The Morgan fingerprint density at radius 2 is 2.00 bits per heavy atom. The molecule has 4 aromatic rings. The average molecular weight is 343 g/mol. The van der Waals surface area contributed by atoms with E-state index in [9.17, 15) is 0 Å². The van der Waals surface area contributed by atoms with Gasteiger partial charge in [0.2, 0.25) is 0 Å². The fraction of sp³-hybridized carbons (Fsp3) is 0.158. The molecule has 1 aliphatic rings. The van der Waals surface area contributed by atoms with Gasteiger partial charge in [-0.2, -0.15) is 5.10 Å². The second-order valence-corrected chi connectivity index (χ2v) is 6.29. The highest BCUT2D eigenvalue weighted by atomic mass is 15.3. The highest BCUT2D eigenvalue weighted by Gasteiger charge is 2.27. The molecule has 1 N–H and O–H groups in total. The molecule has 0 radical (unpaired) electrons. The van der Waals surface area contributed by atoms with Crippen LogP contribution in [0, 0.1) is 0 Å². The maximum Gasteiger partial charge on any atom is 0.165 e. The minimum atomic E-state index is 0.207. The van der Waals surface area contributed by atoms with Gasteiger partial charge in [0.15, 0.2) is 11.6 Å². The van der Waals surface area contributed by atoms with E-state index in [4.69, 9.17) is 4.98 Å². The van der Waals surface area contributed by atoms with E-state index in [0.29, 0.717) is 12.5 Å². The first-order chi connectivity index (χ1) is 12.8. The van der Waals surface area contributed by atoms with Crippen molar-refractivity contribution in [1.29, 1.82) is 0 Å². The quantitative estimate of drug-likeness (QED) is 0.616. The molecule has 0 aliphatic carbocycles. The maximum atomic E-state index is 4.85. The number of rotatable bonds is 3. The highest BCUT2D eigenvalue weighted by Crippen LogP contribution is 2.36. The molecule has 0 spiro atoms. The molecule has 128 valence electrons. The number of hydrogen-bond acceptors (Lipinski definition) is 6. The van der Waals surface area contributed by atoms with Gasteiger partial charge in [0.25, 0.3) is 0 Å². The smallest absolute Gasteiger partial charge is 0.165 e. The summed E-state index contributed by atoms with van der Waals surface area (Å²) < 4.78 is 1.78. The van der Waals surface area contributed by atoms with Gasteiger partial charge in [-0.05, 0) is 12.5 Å². The Kier molecular flexibility index (Phi) is 3.31. The molecule has 1 atom stereocenters. The van der Waals surface area contributed by atoms with Gasteiger partial charge in [0.05, 0.1) is 48.1 Å². The predicted molar refractivity (Wildman–Crippen MR) is 99.8 cm³/mol. The van der Waals surface area contributed by atoms with E-state index in [-0.39, 0.29) is 6.04 Å². The summed E-state index contributed by atoms with van der Waals surface area (Å²) in [6, 6.07) is 10.6. The minimum Gasteiger partial charge on any atom is -0.363 e. The van der Waals surface area contributed by atoms with E-state index in [1.807, 2.05) is 18.5 Å². The average Bonchev–Trinajstić information content (AvgIpc) is 3.32. The third-order valence-corrected chi connectivity index (χ3v) is 4.80. The van der Waals surface area contributed by atoms with Crippen molar-refractivity contribution < 1.29 is 0 Å². The number of nitrogens with one attached hydrogen (secondary N) is 1. The molecule has 7 heteroatoms. The summed E-state index contributed by atoms with van der Waals surface area (Å²) in [7, 11) is 0.